The molecule has 1 aromatic carbocycles. The Balaban J connectivity index is 0.00000306. The second kappa shape index (κ2) is 11.9. The smallest absolute Gasteiger partial charge is 0.224 e. The minimum absolute atomic E-state index is 0. The maximum absolute atomic E-state index is 13.5. The highest BCUT2D eigenvalue weighted by Gasteiger charge is 2.22. The van der Waals surface area contributed by atoms with Crippen LogP contribution in [0.25, 0.3) is 0 Å². The van der Waals surface area contributed by atoms with E-state index in [4.69, 9.17) is 9.47 Å². The first-order valence-corrected chi connectivity index (χ1v) is 10.4. The molecule has 1 aliphatic rings. The summed E-state index contributed by atoms with van der Waals surface area (Å²) in [5.74, 6) is 2.79. The molecule has 0 aliphatic carbocycles. The number of rotatable bonds is 7. The molecular formula is C22H27FIN7O2. The van der Waals surface area contributed by atoms with Gasteiger partial charge in [0.1, 0.15) is 24.0 Å². The number of guanidine groups is 1. The molecule has 0 amide bonds. The molecule has 0 fully saturated rings. The number of halogens is 2. The van der Waals surface area contributed by atoms with Gasteiger partial charge in [0.05, 0.1) is 6.54 Å². The van der Waals surface area contributed by atoms with Gasteiger partial charge in [-0.05, 0) is 24.6 Å². The van der Waals surface area contributed by atoms with Crippen LogP contribution in [0.4, 0.5) is 4.39 Å². The second-order valence-electron chi connectivity index (χ2n) is 7.39. The van der Waals surface area contributed by atoms with Crippen molar-refractivity contribution in [1.82, 2.24) is 30.4 Å². The van der Waals surface area contributed by atoms with Gasteiger partial charge in [0.15, 0.2) is 11.8 Å². The molecule has 33 heavy (non-hydrogen) atoms. The van der Waals surface area contributed by atoms with E-state index in [0.29, 0.717) is 43.1 Å². The molecule has 2 N–H and O–H groups in total. The number of hydrogen-bond acceptors (Lipinski definition) is 6. The summed E-state index contributed by atoms with van der Waals surface area (Å²) in [6.45, 7) is 1.55. The fraction of sp³-hybridized carbons (Fsp3) is 0.364. The van der Waals surface area contributed by atoms with Crippen molar-refractivity contribution in [3.63, 3.8) is 0 Å². The lowest BCUT2D eigenvalue weighted by molar-refractivity contribution is 0.177. The number of nitrogens with one attached hydrogen (secondary N) is 2. The zero-order chi connectivity index (χ0) is 22.3. The summed E-state index contributed by atoms with van der Waals surface area (Å²) in [6, 6.07) is 9.89. The van der Waals surface area contributed by atoms with Crippen molar-refractivity contribution in [2.75, 3.05) is 14.2 Å². The molecule has 1 aliphatic heterocycles. The number of benzene rings is 1. The highest BCUT2D eigenvalue weighted by atomic mass is 127. The van der Waals surface area contributed by atoms with E-state index in [1.165, 1.54) is 12.1 Å². The third kappa shape index (κ3) is 6.60. The van der Waals surface area contributed by atoms with E-state index in [0.717, 1.165) is 24.2 Å². The number of aryl methyl sites for hydroxylation is 1. The van der Waals surface area contributed by atoms with Crippen molar-refractivity contribution in [2.45, 2.75) is 38.6 Å². The molecule has 3 heterocycles. The summed E-state index contributed by atoms with van der Waals surface area (Å²) in [5.41, 5.74) is 0.825. The van der Waals surface area contributed by atoms with Crippen LogP contribution in [-0.2, 0) is 30.9 Å². The standard InChI is InChI=1S/C22H26FN7O2.HI/c1-24-22(27-17-8-9-20-28-19(14-31-2)29-30(20)13-17)26-12-15-5-4-10-25-21(15)32-18-7-3-6-16(23)11-18;/h3-7,10-11,17H,8-9,12-14H2,1-2H3,(H2,24,26,27);1H. The topological polar surface area (TPSA) is 98.5 Å². The van der Waals surface area contributed by atoms with E-state index in [9.17, 15) is 4.39 Å². The lowest BCUT2D eigenvalue weighted by Gasteiger charge is -2.25. The maximum atomic E-state index is 13.5. The van der Waals surface area contributed by atoms with Gasteiger partial charge in [-0.15, -0.1) is 24.0 Å². The Morgan fingerprint density at radius 1 is 1.30 bits per heavy atom. The molecule has 0 bridgehead atoms. The fourth-order valence-electron chi connectivity index (χ4n) is 3.53. The molecule has 1 unspecified atom stereocenters. The van der Waals surface area contributed by atoms with Crippen LogP contribution in [0.15, 0.2) is 47.6 Å². The lowest BCUT2D eigenvalue weighted by atomic mass is 10.1. The largest absolute Gasteiger partial charge is 0.439 e. The minimum Gasteiger partial charge on any atom is -0.439 e. The van der Waals surface area contributed by atoms with E-state index in [2.05, 4.69) is 30.7 Å². The van der Waals surface area contributed by atoms with E-state index in [1.807, 2.05) is 16.8 Å². The number of hydrogen-bond donors (Lipinski definition) is 2. The summed E-state index contributed by atoms with van der Waals surface area (Å²) >= 11 is 0. The van der Waals surface area contributed by atoms with E-state index in [1.54, 1.807) is 32.5 Å². The number of methoxy groups -OCH3 is 1. The first-order chi connectivity index (χ1) is 15.6. The van der Waals surface area contributed by atoms with Crippen LogP contribution in [0.5, 0.6) is 11.6 Å². The number of ether oxygens (including phenoxy) is 2. The van der Waals surface area contributed by atoms with Crippen molar-refractivity contribution in [3.8, 4) is 11.6 Å². The molecule has 0 saturated carbocycles. The van der Waals surface area contributed by atoms with Gasteiger partial charge in [0.2, 0.25) is 5.88 Å². The van der Waals surface area contributed by atoms with Crippen LogP contribution in [0.2, 0.25) is 0 Å². The summed E-state index contributed by atoms with van der Waals surface area (Å²) in [7, 11) is 3.36. The average molecular weight is 567 g/mol. The van der Waals surface area contributed by atoms with Crippen molar-refractivity contribution in [3.05, 3.63) is 65.6 Å². The first-order valence-electron chi connectivity index (χ1n) is 10.4. The van der Waals surface area contributed by atoms with Gasteiger partial charge in [0.25, 0.3) is 0 Å². The molecule has 1 atom stereocenters. The molecule has 0 spiro atoms. The van der Waals surface area contributed by atoms with E-state index in [-0.39, 0.29) is 35.8 Å². The van der Waals surface area contributed by atoms with Gasteiger partial charge in [-0.25, -0.2) is 19.0 Å². The van der Waals surface area contributed by atoms with Crippen LogP contribution >= 0.6 is 24.0 Å². The summed E-state index contributed by atoms with van der Waals surface area (Å²) in [5, 5.41) is 11.2. The lowest BCUT2D eigenvalue weighted by Crippen LogP contribution is -2.46. The predicted molar refractivity (Wildman–Crippen MR) is 132 cm³/mol. The predicted octanol–water partition coefficient (Wildman–Crippen LogP) is 3.05. The molecule has 11 heteroatoms. The van der Waals surface area contributed by atoms with Crippen molar-refractivity contribution >= 4 is 29.9 Å². The van der Waals surface area contributed by atoms with Gasteiger partial charge in [-0.1, -0.05) is 12.1 Å². The number of aromatic nitrogens is 4. The van der Waals surface area contributed by atoms with Gasteiger partial charge < -0.3 is 20.1 Å². The van der Waals surface area contributed by atoms with Crippen LogP contribution in [0.3, 0.4) is 0 Å². The van der Waals surface area contributed by atoms with Gasteiger partial charge in [-0.2, -0.15) is 5.10 Å². The van der Waals surface area contributed by atoms with Crippen molar-refractivity contribution in [2.24, 2.45) is 4.99 Å². The highest BCUT2D eigenvalue weighted by Crippen LogP contribution is 2.23. The van der Waals surface area contributed by atoms with Crippen LogP contribution in [0.1, 0.15) is 23.6 Å². The van der Waals surface area contributed by atoms with Crippen molar-refractivity contribution < 1.29 is 13.9 Å². The van der Waals surface area contributed by atoms with Crippen molar-refractivity contribution in [1.29, 1.82) is 0 Å². The SMILES string of the molecule is CN=C(NCc1cccnc1Oc1cccc(F)c1)NC1CCc2nc(COC)nn2C1.I. The minimum atomic E-state index is -0.361. The summed E-state index contributed by atoms with van der Waals surface area (Å²) in [4.78, 5) is 13.1. The normalized spacial score (nSPS) is 15.4. The Kier molecular flexibility index (Phi) is 8.95. The molecule has 176 valence electrons. The average Bonchev–Trinajstić information content (AvgIpc) is 3.19. The Bertz CT molecular complexity index is 1090. The van der Waals surface area contributed by atoms with Gasteiger partial charge >= 0.3 is 0 Å². The molecule has 0 radical (unpaired) electrons. The monoisotopic (exact) mass is 567 g/mol. The number of nitrogens with zero attached hydrogens (tertiary/aromatic N) is 5. The Hall–Kier alpha value is -2.80. The molecule has 3 aromatic rings. The third-order valence-corrected chi connectivity index (χ3v) is 5.05. The second-order valence-corrected chi connectivity index (χ2v) is 7.39. The summed E-state index contributed by atoms with van der Waals surface area (Å²) in [6.07, 6.45) is 3.40. The third-order valence-electron chi connectivity index (χ3n) is 5.05. The molecule has 0 saturated heterocycles. The van der Waals surface area contributed by atoms with Gasteiger partial charge in [0, 0.05) is 51.0 Å². The van der Waals surface area contributed by atoms with Crippen LogP contribution < -0.4 is 15.4 Å². The highest BCUT2D eigenvalue weighted by molar-refractivity contribution is 14.0. The number of aliphatic imine (C=N–C) groups is 1. The quantitative estimate of drug-likeness (QED) is 0.257. The Morgan fingerprint density at radius 2 is 2.18 bits per heavy atom. The first kappa shape index (κ1) is 24.8. The Morgan fingerprint density at radius 3 is 2.97 bits per heavy atom. The number of fused-ring (bicyclic) bond motifs is 1. The molecule has 2 aromatic heterocycles. The fourth-order valence-corrected chi connectivity index (χ4v) is 3.53. The summed E-state index contributed by atoms with van der Waals surface area (Å²) < 4.78 is 26.3. The molecular weight excluding hydrogens is 540 g/mol. The Labute approximate surface area is 208 Å². The molecule has 4 rings (SSSR count). The van der Waals surface area contributed by atoms with Gasteiger partial charge in [-0.3, -0.25) is 4.99 Å². The zero-order valence-electron chi connectivity index (χ0n) is 18.5. The van der Waals surface area contributed by atoms with Crippen LogP contribution in [-0.4, -0.2) is 45.9 Å². The number of pyridine rings is 1. The maximum Gasteiger partial charge on any atom is 0.224 e. The zero-order valence-corrected chi connectivity index (χ0v) is 20.8. The van der Waals surface area contributed by atoms with Crippen LogP contribution in [0, 0.1) is 5.82 Å². The van der Waals surface area contributed by atoms with E-state index >= 15 is 0 Å². The van der Waals surface area contributed by atoms with E-state index < -0.39 is 0 Å². The molecule has 9 nitrogen and oxygen atoms in total.